The summed E-state index contributed by atoms with van der Waals surface area (Å²) in [5, 5.41) is 2.58. The van der Waals surface area contributed by atoms with Crippen molar-refractivity contribution in [1.29, 1.82) is 0 Å². The maximum atomic E-state index is 12.1. The Kier molecular flexibility index (Phi) is 6.76. The summed E-state index contributed by atoms with van der Waals surface area (Å²) in [5.41, 5.74) is 5.68. The van der Waals surface area contributed by atoms with Gasteiger partial charge >= 0.3 is 0 Å². The molecule has 1 aromatic rings. The third-order valence-electron chi connectivity index (χ3n) is 2.79. The maximum Gasteiger partial charge on any atom is 0.242 e. The number of ether oxygens (including phenoxy) is 1. The number of anilines is 1. The van der Waals surface area contributed by atoms with Gasteiger partial charge in [0.15, 0.2) is 0 Å². The first-order chi connectivity index (χ1) is 9.94. The van der Waals surface area contributed by atoms with E-state index in [0.29, 0.717) is 0 Å². The minimum Gasteiger partial charge on any atom is -0.380 e. The Morgan fingerprint density at radius 3 is 2.62 bits per heavy atom. The monoisotopic (exact) mass is 315 g/mol. The number of benzene rings is 1. The molecule has 0 aliphatic rings. The number of carbonyl (C=O) groups is 1. The lowest BCUT2D eigenvalue weighted by Crippen LogP contribution is -2.29. The second kappa shape index (κ2) is 8.08. The van der Waals surface area contributed by atoms with Crippen LogP contribution < -0.4 is 15.8 Å². The summed E-state index contributed by atoms with van der Waals surface area (Å²) < 4.78 is 31.5. The normalized spacial score (nSPS) is 12.9. The molecule has 1 unspecified atom stereocenters. The zero-order valence-electron chi connectivity index (χ0n) is 12.1. The smallest absolute Gasteiger partial charge is 0.242 e. The highest BCUT2D eigenvalue weighted by molar-refractivity contribution is 7.89. The average Bonchev–Trinajstić information content (AvgIpc) is 2.45. The molecule has 0 fully saturated rings. The summed E-state index contributed by atoms with van der Waals surface area (Å²) in [7, 11) is -2.18. The lowest BCUT2D eigenvalue weighted by atomic mass is 10.2. The third kappa shape index (κ3) is 5.09. The Bertz CT molecular complexity index is 571. The number of nitrogens with two attached hydrogens (primary N) is 1. The summed E-state index contributed by atoms with van der Waals surface area (Å²) >= 11 is 0. The van der Waals surface area contributed by atoms with E-state index < -0.39 is 16.1 Å². The number of amides is 1. The van der Waals surface area contributed by atoms with Crippen molar-refractivity contribution in [3.63, 3.8) is 0 Å². The maximum absolute atomic E-state index is 12.1. The molecule has 4 N–H and O–H groups in total. The van der Waals surface area contributed by atoms with Gasteiger partial charge in [-0.3, -0.25) is 4.79 Å². The van der Waals surface area contributed by atoms with Crippen molar-refractivity contribution in [3.05, 3.63) is 24.3 Å². The Morgan fingerprint density at radius 1 is 1.38 bits per heavy atom. The zero-order valence-corrected chi connectivity index (χ0v) is 12.9. The highest BCUT2D eigenvalue weighted by Gasteiger charge is 2.19. The minimum absolute atomic E-state index is 0.0296. The molecule has 0 aliphatic heterocycles. The molecule has 0 bridgehead atoms. The van der Waals surface area contributed by atoms with Gasteiger partial charge in [0.05, 0.1) is 18.2 Å². The van der Waals surface area contributed by atoms with Crippen molar-refractivity contribution >= 4 is 21.6 Å². The molecule has 0 radical (unpaired) electrons. The molecule has 21 heavy (non-hydrogen) atoms. The Labute approximate surface area is 124 Å². The third-order valence-corrected chi connectivity index (χ3v) is 4.40. The van der Waals surface area contributed by atoms with Crippen LogP contribution in [0.1, 0.15) is 13.3 Å². The summed E-state index contributed by atoms with van der Waals surface area (Å²) in [6, 6.07) is 6.21. The molecule has 0 saturated carbocycles. The van der Waals surface area contributed by atoms with Crippen LogP contribution in [-0.4, -0.2) is 40.6 Å². The Hall–Kier alpha value is -1.48. The van der Waals surface area contributed by atoms with Gasteiger partial charge in [-0.2, -0.15) is 0 Å². The van der Waals surface area contributed by atoms with Crippen LogP contribution in [0.4, 0.5) is 5.69 Å². The number of nitrogens with one attached hydrogen (secondary N) is 2. The van der Waals surface area contributed by atoms with Crippen LogP contribution >= 0.6 is 0 Å². The molecular weight excluding hydrogens is 294 g/mol. The average molecular weight is 315 g/mol. The van der Waals surface area contributed by atoms with E-state index in [4.69, 9.17) is 10.5 Å². The number of sulfonamides is 1. The number of methoxy groups -OCH3 is 1. The lowest BCUT2D eigenvalue weighted by molar-refractivity contribution is -0.118. The van der Waals surface area contributed by atoms with Crippen molar-refractivity contribution in [1.82, 2.24) is 4.72 Å². The first kappa shape index (κ1) is 17.6. The van der Waals surface area contributed by atoms with Crippen LogP contribution in [0.15, 0.2) is 29.2 Å². The second-order valence-corrected chi connectivity index (χ2v) is 6.08. The molecule has 1 amide bonds. The number of para-hydroxylation sites is 1. The van der Waals surface area contributed by atoms with E-state index in [2.05, 4.69) is 10.0 Å². The van der Waals surface area contributed by atoms with Crippen LogP contribution in [0, 0.1) is 0 Å². The van der Waals surface area contributed by atoms with Crippen LogP contribution in [0.2, 0.25) is 0 Å². The fourth-order valence-electron chi connectivity index (χ4n) is 1.74. The number of hydrogen-bond donors (Lipinski definition) is 3. The van der Waals surface area contributed by atoms with E-state index in [1.165, 1.54) is 19.2 Å². The fourth-order valence-corrected chi connectivity index (χ4v) is 2.94. The number of carbonyl (C=O) groups excluding carboxylic acids is 1. The second-order valence-electron chi connectivity index (χ2n) is 4.34. The number of rotatable bonds is 8. The lowest BCUT2D eigenvalue weighted by Gasteiger charge is -2.14. The van der Waals surface area contributed by atoms with Gasteiger partial charge in [0, 0.05) is 20.2 Å². The van der Waals surface area contributed by atoms with Crippen molar-refractivity contribution in [2.75, 3.05) is 25.5 Å². The first-order valence-corrected chi connectivity index (χ1v) is 8.04. The molecule has 0 spiro atoms. The summed E-state index contributed by atoms with van der Waals surface area (Å²) in [4.78, 5) is 11.9. The molecule has 1 atom stereocenters. The predicted octanol–water partition coefficient (Wildman–Crippen LogP) is 0.287. The standard InChI is InChI=1S/C13H21N3O4S/c1-3-15-21(18,19)12-7-5-4-6-11(12)16-13(17)8-10(9-14)20-2/h4-7,10,15H,3,8-9,14H2,1-2H3,(H,16,17). The zero-order chi connectivity index (χ0) is 15.9. The molecule has 1 rings (SSSR count). The molecule has 0 heterocycles. The summed E-state index contributed by atoms with van der Waals surface area (Å²) in [6.07, 6.45) is -0.342. The molecule has 0 saturated heterocycles. The Balaban J connectivity index is 2.92. The predicted molar refractivity (Wildman–Crippen MR) is 80.4 cm³/mol. The Morgan fingerprint density at radius 2 is 2.05 bits per heavy atom. The van der Waals surface area contributed by atoms with Gasteiger partial charge in [-0.05, 0) is 12.1 Å². The number of hydrogen-bond acceptors (Lipinski definition) is 5. The molecule has 0 aromatic heterocycles. The van der Waals surface area contributed by atoms with Crippen LogP contribution in [-0.2, 0) is 19.6 Å². The first-order valence-electron chi connectivity index (χ1n) is 6.56. The molecule has 7 nitrogen and oxygen atoms in total. The van der Waals surface area contributed by atoms with E-state index in [9.17, 15) is 13.2 Å². The summed E-state index contributed by atoms with van der Waals surface area (Å²) in [6.45, 7) is 2.16. The summed E-state index contributed by atoms with van der Waals surface area (Å²) in [5.74, 6) is -0.355. The van der Waals surface area contributed by atoms with E-state index in [-0.39, 0.29) is 36.0 Å². The highest BCUT2D eigenvalue weighted by Crippen LogP contribution is 2.20. The van der Waals surface area contributed by atoms with Gasteiger partial charge < -0.3 is 15.8 Å². The van der Waals surface area contributed by atoms with Crippen molar-refractivity contribution in [3.8, 4) is 0 Å². The largest absolute Gasteiger partial charge is 0.380 e. The molecule has 118 valence electrons. The van der Waals surface area contributed by atoms with Gasteiger partial charge in [-0.15, -0.1) is 0 Å². The van der Waals surface area contributed by atoms with Gasteiger partial charge in [0.25, 0.3) is 0 Å². The van der Waals surface area contributed by atoms with E-state index >= 15 is 0 Å². The van der Waals surface area contributed by atoms with Gasteiger partial charge in [-0.1, -0.05) is 19.1 Å². The SMILES string of the molecule is CCNS(=O)(=O)c1ccccc1NC(=O)CC(CN)OC. The minimum atomic E-state index is -3.65. The molecule has 1 aromatic carbocycles. The van der Waals surface area contributed by atoms with E-state index in [0.717, 1.165) is 0 Å². The topological polar surface area (TPSA) is 111 Å². The van der Waals surface area contributed by atoms with Crippen molar-refractivity contribution in [2.24, 2.45) is 5.73 Å². The van der Waals surface area contributed by atoms with Crippen LogP contribution in [0.25, 0.3) is 0 Å². The van der Waals surface area contributed by atoms with Gasteiger partial charge in [-0.25, -0.2) is 13.1 Å². The molecule has 0 aliphatic carbocycles. The van der Waals surface area contributed by atoms with Gasteiger partial charge in [0.2, 0.25) is 15.9 Å². The van der Waals surface area contributed by atoms with Crippen LogP contribution in [0.3, 0.4) is 0 Å². The quantitative estimate of drug-likeness (QED) is 0.638. The molecular formula is C13H21N3O4S. The van der Waals surface area contributed by atoms with Gasteiger partial charge in [0.1, 0.15) is 4.90 Å². The van der Waals surface area contributed by atoms with Crippen molar-refractivity contribution < 1.29 is 17.9 Å². The highest BCUT2D eigenvalue weighted by atomic mass is 32.2. The van der Waals surface area contributed by atoms with E-state index in [1.54, 1.807) is 19.1 Å². The fraction of sp³-hybridized carbons (Fsp3) is 0.462. The van der Waals surface area contributed by atoms with Crippen LogP contribution in [0.5, 0.6) is 0 Å². The molecule has 8 heteroatoms. The van der Waals surface area contributed by atoms with Crippen molar-refractivity contribution in [2.45, 2.75) is 24.3 Å². The van der Waals surface area contributed by atoms with E-state index in [1.807, 2.05) is 0 Å².